The molecule has 21 heavy (non-hydrogen) atoms. The largest absolute Gasteiger partial charge is 0.378 e. The molecule has 120 valence electrons. The number of nitrogens with two attached hydrogens (primary N) is 1. The number of aromatic nitrogens is 1. The lowest BCUT2D eigenvalue weighted by Crippen LogP contribution is -2.31. The third-order valence-corrected chi connectivity index (χ3v) is 4.58. The quantitative estimate of drug-likeness (QED) is 0.241. The van der Waals surface area contributed by atoms with Gasteiger partial charge in [0.1, 0.15) is 0 Å². The molecule has 0 aliphatic carbocycles. The van der Waals surface area contributed by atoms with E-state index in [4.69, 9.17) is 19.9 Å². The van der Waals surface area contributed by atoms with Gasteiger partial charge in [0.15, 0.2) is 0 Å². The maximum absolute atomic E-state index is 9.51. The molecule has 3 N–H and O–H groups in total. The van der Waals surface area contributed by atoms with Gasteiger partial charge in [0, 0.05) is 40.0 Å². The van der Waals surface area contributed by atoms with E-state index in [1.807, 2.05) is 12.1 Å². The van der Waals surface area contributed by atoms with Crippen LogP contribution < -0.4 is 10.5 Å². The first-order valence-corrected chi connectivity index (χ1v) is 9.09. The fourth-order valence-electron chi connectivity index (χ4n) is 1.31. The summed E-state index contributed by atoms with van der Waals surface area (Å²) in [5.41, 5.74) is 5.29. The van der Waals surface area contributed by atoms with Crippen molar-refractivity contribution < 1.29 is 24.1 Å². The van der Waals surface area contributed by atoms with Crippen LogP contribution in [0.4, 0.5) is 0 Å². The number of ether oxygens (including phenoxy) is 3. The Bertz CT molecular complexity index is 372. The molecule has 1 aromatic rings. The van der Waals surface area contributed by atoms with Crippen LogP contribution >= 0.6 is 21.6 Å². The average Bonchev–Trinajstić information content (AvgIpc) is 2.50. The van der Waals surface area contributed by atoms with Crippen LogP contribution in [0.3, 0.4) is 0 Å². The van der Waals surface area contributed by atoms with E-state index >= 15 is 0 Å². The molecule has 0 amide bonds. The average molecular weight is 335 g/mol. The predicted molar refractivity (Wildman–Crippen MR) is 83.6 cm³/mol. The van der Waals surface area contributed by atoms with Gasteiger partial charge in [-0.25, -0.2) is 0 Å². The van der Waals surface area contributed by atoms with Gasteiger partial charge in [0.25, 0.3) is 0 Å². The van der Waals surface area contributed by atoms with Crippen LogP contribution in [0.1, 0.15) is 0 Å². The standard InChI is InChI=1S/C13H23N2O4S2/c14-4-6-17-7-8-18-9-10-19-11-12-20-21-13-3-1-2-5-15(13)16/h1-3,5,16H,4,6-12,14H2/q+1. The van der Waals surface area contributed by atoms with E-state index in [-0.39, 0.29) is 0 Å². The molecule has 0 unspecified atom stereocenters. The first-order valence-electron chi connectivity index (χ1n) is 6.77. The van der Waals surface area contributed by atoms with Crippen LogP contribution in [0, 0.1) is 0 Å². The Morgan fingerprint density at radius 2 is 1.67 bits per heavy atom. The van der Waals surface area contributed by atoms with E-state index in [1.165, 1.54) is 10.8 Å². The summed E-state index contributed by atoms with van der Waals surface area (Å²) >= 11 is 0. The van der Waals surface area contributed by atoms with Crippen molar-refractivity contribution in [3.8, 4) is 0 Å². The summed E-state index contributed by atoms with van der Waals surface area (Å²) in [6.07, 6.45) is 1.61. The van der Waals surface area contributed by atoms with E-state index in [0.717, 1.165) is 15.5 Å². The summed E-state index contributed by atoms with van der Waals surface area (Å²) in [6, 6.07) is 5.53. The SMILES string of the molecule is NCCOCCOCCOCCSSc1cccc[n+]1O. The molecular weight excluding hydrogens is 312 g/mol. The Balaban J connectivity index is 1.84. The zero-order valence-corrected chi connectivity index (χ0v) is 13.6. The number of hydrogen-bond donors (Lipinski definition) is 2. The maximum Gasteiger partial charge on any atom is 0.301 e. The Kier molecular flexibility index (Phi) is 11.6. The van der Waals surface area contributed by atoms with Crippen LogP contribution in [-0.4, -0.2) is 57.1 Å². The van der Waals surface area contributed by atoms with Gasteiger partial charge in [-0.05, 0) is 6.07 Å². The molecule has 0 aliphatic rings. The molecule has 0 aromatic carbocycles. The van der Waals surface area contributed by atoms with Gasteiger partial charge >= 0.3 is 5.03 Å². The van der Waals surface area contributed by atoms with Gasteiger partial charge in [0.05, 0.1) is 39.6 Å². The molecule has 1 rings (SSSR count). The summed E-state index contributed by atoms with van der Waals surface area (Å²) in [5.74, 6) is 0.846. The molecule has 1 aromatic heterocycles. The number of rotatable bonds is 13. The van der Waals surface area contributed by atoms with Crippen LogP contribution in [0.25, 0.3) is 0 Å². The number of nitrogens with zero attached hydrogens (tertiary/aromatic N) is 1. The molecule has 0 aliphatic heterocycles. The highest BCUT2D eigenvalue weighted by molar-refractivity contribution is 8.76. The van der Waals surface area contributed by atoms with Gasteiger partial charge in [-0.15, -0.1) is 0 Å². The van der Waals surface area contributed by atoms with Crippen LogP contribution in [0.15, 0.2) is 29.4 Å². The van der Waals surface area contributed by atoms with Gasteiger partial charge < -0.3 is 19.9 Å². The Morgan fingerprint density at radius 3 is 2.33 bits per heavy atom. The van der Waals surface area contributed by atoms with Gasteiger partial charge in [-0.2, -0.15) is 0 Å². The van der Waals surface area contributed by atoms with Crippen molar-refractivity contribution in [3.63, 3.8) is 0 Å². The van der Waals surface area contributed by atoms with Crippen molar-refractivity contribution in [1.82, 2.24) is 0 Å². The monoisotopic (exact) mass is 335 g/mol. The van der Waals surface area contributed by atoms with Gasteiger partial charge in [-0.3, -0.25) is 5.21 Å². The molecule has 0 fully saturated rings. The molecule has 0 saturated heterocycles. The summed E-state index contributed by atoms with van der Waals surface area (Å²) < 4.78 is 17.1. The van der Waals surface area contributed by atoms with E-state index in [9.17, 15) is 5.21 Å². The number of pyridine rings is 1. The second-order valence-electron chi connectivity index (χ2n) is 3.91. The third-order valence-electron chi connectivity index (χ3n) is 2.26. The minimum Gasteiger partial charge on any atom is -0.378 e. The lowest BCUT2D eigenvalue weighted by atomic mass is 10.5. The van der Waals surface area contributed by atoms with Crippen molar-refractivity contribution in [2.75, 3.05) is 51.9 Å². The van der Waals surface area contributed by atoms with Crippen molar-refractivity contribution in [2.24, 2.45) is 5.73 Å². The van der Waals surface area contributed by atoms with Crippen molar-refractivity contribution in [2.45, 2.75) is 5.03 Å². The zero-order chi connectivity index (χ0) is 15.2. The Morgan fingerprint density at radius 1 is 1.00 bits per heavy atom. The first-order chi connectivity index (χ1) is 10.3. The second-order valence-corrected chi connectivity index (χ2v) is 6.35. The van der Waals surface area contributed by atoms with Crippen LogP contribution in [0.5, 0.6) is 0 Å². The summed E-state index contributed by atoms with van der Waals surface area (Å²) in [4.78, 5) is 0. The van der Waals surface area contributed by atoms with Crippen molar-refractivity contribution in [3.05, 3.63) is 24.4 Å². The molecule has 6 nitrogen and oxygen atoms in total. The van der Waals surface area contributed by atoms with Crippen LogP contribution in [0.2, 0.25) is 0 Å². The summed E-state index contributed by atoms with van der Waals surface area (Å²) in [6.45, 7) is 4.05. The highest BCUT2D eigenvalue weighted by atomic mass is 33.1. The normalized spacial score (nSPS) is 10.9. The van der Waals surface area contributed by atoms with Crippen molar-refractivity contribution in [1.29, 1.82) is 0 Å². The molecular formula is C13H23N2O4S2+. The van der Waals surface area contributed by atoms with E-state index in [2.05, 4.69) is 0 Å². The highest BCUT2D eigenvalue weighted by Crippen LogP contribution is 2.27. The molecule has 0 bridgehead atoms. The van der Waals surface area contributed by atoms with Gasteiger partial charge in [0.2, 0.25) is 6.20 Å². The molecule has 0 spiro atoms. The Hall–Kier alpha value is -0.510. The van der Waals surface area contributed by atoms with Crippen LogP contribution in [-0.2, 0) is 14.2 Å². The minimum absolute atomic E-state index is 0.540. The summed E-state index contributed by atoms with van der Waals surface area (Å²) in [5, 5.41) is 10.3. The lowest BCUT2D eigenvalue weighted by Gasteiger charge is -2.05. The fraction of sp³-hybridized carbons (Fsp3) is 0.615. The molecule has 0 radical (unpaired) electrons. The first kappa shape index (κ1) is 18.5. The molecule has 0 atom stereocenters. The maximum atomic E-state index is 9.51. The van der Waals surface area contributed by atoms with Gasteiger partial charge in [-0.1, -0.05) is 10.8 Å². The third kappa shape index (κ3) is 9.94. The summed E-state index contributed by atoms with van der Waals surface area (Å²) in [7, 11) is 3.15. The van der Waals surface area contributed by atoms with E-state index in [1.54, 1.807) is 23.1 Å². The lowest BCUT2D eigenvalue weighted by molar-refractivity contribution is -0.932. The molecule has 1 heterocycles. The minimum atomic E-state index is 0.540. The number of hydrogen-bond acceptors (Lipinski definition) is 7. The second kappa shape index (κ2) is 13.2. The van der Waals surface area contributed by atoms with Crippen molar-refractivity contribution >= 4 is 21.6 Å². The zero-order valence-electron chi connectivity index (χ0n) is 12.0. The molecule has 8 heteroatoms. The molecule has 0 saturated carbocycles. The van der Waals surface area contributed by atoms with E-state index in [0.29, 0.717) is 46.2 Å². The Labute approximate surface area is 133 Å². The van der Waals surface area contributed by atoms with E-state index < -0.39 is 0 Å². The topological polar surface area (TPSA) is 77.8 Å². The highest BCUT2D eigenvalue weighted by Gasteiger charge is 2.08. The predicted octanol–water partition coefficient (Wildman–Crippen LogP) is 0.960. The smallest absolute Gasteiger partial charge is 0.301 e. The fourth-order valence-corrected chi connectivity index (χ4v) is 3.18.